The van der Waals surface area contributed by atoms with Crippen LogP contribution in [-0.2, 0) is 9.59 Å². The molecule has 0 saturated heterocycles. The molecular weight excluding hydrogens is 366 g/mol. The Hall–Kier alpha value is -3.02. The molecule has 1 aromatic carbocycles. The number of nitrogens with one attached hydrogen (secondary N) is 2. The van der Waals surface area contributed by atoms with Gasteiger partial charge in [-0.05, 0) is 61.6 Å². The highest BCUT2D eigenvalue weighted by molar-refractivity contribution is 6.34. The number of aromatic amines is 1. The molecule has 0 saturated carbocycles. The fourth-order valence-electron chi connectivity index (χ4n) is 3.03. The zero-order valence-corrected chi connectivity index (χ0v) is 18.3. The lowest BCUT2D eigenvalue weighted by molar-refractivity contribution is -0.144. The van der Waals surface area contributed by atoms with Crippen LogP contribution in [0, 0.1) is 0 Å². The first-order chi connectivity index (χ1) is 13.6. The Kier molecular flexibility index (Phi) is 7.26. The SMILES string of the molecule is CC(C)=C(Oc1ccc2[nH]cc(C(C)C)c2c1)/C(C)=C\CNC(=O)C(=O)N(C)C. The Balaban J connectivity index is 2.17. The van der Waals surface area contributed by atoms with Crippen molar-refractivity contribution in [3.63, 3.8) is 0 Å². The number of likely N-dealkylation sites (N-methyl/N-ethyl adjacent to an activating group) is 1. The number of amides is 2. The van der Waals surface area contributed by atoms with Gasteiger partial charge in [0.25, 0.3) is 0 Å². The molecule has 0 bridgehead atoms. The van der Waals surface area contributed by atoms with Crippen molar-refractivity contribution < 1.29 is 14.3 Å². The smallest absolute Gasteiger partial charge is 0.311 e. The van der Waals surface area contributed by atoms with Crippen molar-refractivity contribution in [1.29, 1.82) is 0 Å². The first-order valence-corrected chi connectivity index (χ1v) is 9.74. The van der Waals surface area contributed by atoms with Crippen LogP contribution in [0.1, 0.15) is 46.1 Å². The molecule has 156 valence electrons. The molecule has 2 amide bonds. The van der Waals surface area contributed by atoms with Gasteiger partial charge >= 0.3 is 11.8 Å². The van der Waals surface area contributed by atoms with Crippen LogP contribution in [0.2, 0.25) is 0 Å². The molecule has 2 rings (SSSR count). The summed E-state index contributed by atoms with van der Waals surface area (Å²) in [5.41, 5.74) is 4.25. The maximum atomic E-state index is 11.8. The normalized spacial score (nSPS) is 11.5. The molecule has 0 aliphatic heterocycles. The number of carbonyl (C=O) groups excluding carboxylic acids is 2. The van der Waals surface area contributed by atoms with Crippen molar-refractivity contribution >= 4 is 22.7 Å². The third-order valence-electron chi connectivity index (χ3n) is 4.61. The largest absolute Gasteiger partial charge is 0.457 e. The standard InChI is InChI=1S/C23H31N3O3/c1-14(2)19-13-25-20-9-8-17(12-18(19)20)29-21(15(3)4)16(5)10-11-24-22(27)23(28)26(6)7/h8-10,12-14,25H,11H2,1-7H3,(H,24,27)/b16-10-. The van der Waals surface area contributed by atoms with Crippen LogP contribution >= 0.6 is 0 Å². The summed E-state index contributed by atoms with van der Waals surface area (Å²) < 4.78 is 6.20. The number of carbonyl (C=O) groups is 2. The summed E-state index contributed by atoms with van der Waals surface area (Å²) in [6, 6.07) is 6.01. The number of H-pyrrole nitrogens is 1. The Bertz CT molecular complexity index is 961. The van der Waals surface area contributed by atoms with Gasteiger partial charge in [-0.1, -0.05) is 19.9 Å². The summed E-state index contributed by atoms with van der Waals surface area (Å²) in [6.07, 6.45) is 3.89. The lowest BCUT2D eigenvalue weighted by Gasteiger charge is -2.14. The highest BCUT2D eigenvalue weighted by Crippen LogP contribution is 2.30. The summed E-state index contributed by atoms with van der Waals surface area (Å²) in [7, 11) is 3.09. The minimum Gasteiger partial charge on any atom is -0.457 e. The molecule has 1 aromatic heterocycles. The lowest BCUT2D eigenvalue weighted by Crippen LogP contribution is -2.39. The average Bonchev–Trinajstić information content (AvgIpc) is 3.08. The lowest BCUT2D eigenvalue weighted by atomic mass is 10.0. The first-order valence-electron chi connectivity index (χ1n) is 9.74. The minimum absolute atomic E-state index is 0.249. The Morgan fingerprint density at radius 3 is 2.48 bits per heavy atom. The Morgan fingerprint density at radius 1 is 1.21 bits per heavy atom. The van der Waals surface area contributed by atoms with E-state index in [4.69, 9.17) is 4.74 Å². The monoisotopic (exact) mass is 397 g/mol. The van der Waals surface area contributed by atoms with Crippen LogP contribution in [-0.4, -0.2) is 42.3 Å². The predicted molar refractivity (Wildman–Crippen MR) is 117 cm³/mol. The van der Waals surface area contributed by atoms with E-state index in [2.05, 4.69) is 30.2 Å². The van der Waals surface area contributed by atoms with Gasteiger partial charge in [0.2, 0.25) is 0 Å². The summed E-state index contributed by atoms with van der Waals surface area (Å²) in [5.74, 6) is 0.722. The molecule has 0 aliphatic carbocycles. The minimum atomic E-state index is -0.627. The zero-order valence-electron chi connectivity index (χ0n) is 18.3. The fraction of sp³-hybridized carbons (Fsp3) is 0.391. The van der Waals surface area contributed by atoms with Crippen LogP contribution < -0.4 is 10.1 Å². The Morgan fingerprint density at radius 2 is 1.90 bits per heavy atom. The second kappa shape index (κ2) is 9.45. The molecule has 6 heteroatoms. The summed E-state index contributed by atoms with van der Waals surface area (Å²) in [5, 5.41) is 3.76. The first kappa shape index (κ1) is 22.3. The number of rotatable bonds is 6. The fourth-order valence-corrected chi connectivity index (χ4v) is 3.03. The van der Waals surface area contributed by atoms with Crippen molar-refractivity contribution in [2.75, 3.05) is 20.6 Å². The maximum absolute atomic E-state index is 11.8. The Labute approximate surface area is 172 Å². The van der Waals surface area contributed by atoms with E-state index >= 15 is 0 Å². The van der Waals surface area contributed by atoms with Crippen LogP contribution in [0.4, 0.5) is 0 Å². The van der Waals surface area contributed by atoms with E-state index in [1.54, 1.807) is 14.1 Å². The van der Waals surface area contributed by atoms with Gasteiger partial charge in [-0.15, -0.1) is 0 Å². The van der Waals surface area contributed by atoms with Gasteiger partial charge in [-0.2, -0.15) is 0 Å². The molecule has 6 nitrogen and oxygen atoms in total. The number of aromatic nitrogens is 1. The molecule has 0 radical (unpaired) electrons. The van der Waals surface area contributed by atoms with Crippen molar-refractivity contribution in [2.24, 2.45) is 0 Å². The van der Waals surface area contributed by atoms with Crippen molar-refractivity contribution in [3.8, 4) is 5.75 Å². The molecule has 0 fully saturated rings. The van der Waals surface area contributed by atoms with E-state index in [1.807, 2.05) is 45.2 Å². The molecular formula is C23H31N3O3. The van der Waals surface area contributed by atoms with E-state index < -0.39 is 11.8 Å². The number of allylic oxidation sites excluding steroid dienone is 2. The van der Waals surface area contributed by atoms with E-state index in [9.17, 15) is 9.59 Å². The second-order valence-electron chi connectivity index (χ2n) is 7.83. The molecule has 0 spiro atoms. The van der Waals surface area contributed by atoms with Gasteiger partial charge in [0, 0.05) is 37.7 Å². The summed E-state index contributed by atoms with van der Waals surface area (Å²) >= 11 is 0. The molecule has 1 heterocycles. The molecule has 0 atom stereocenters. The van der Waals surface area contributed by atoms with Gasteiger partial charge in [0.1, 0.15) is 11.5 Å². The van der Waals surface area contributed by atoms with E-state index in [1.165, 1.54) is 10.5 Å². The highest BCUT2D eigenvalue weighted by Gasteiger charge is 2.15. The van der Waals surface area contributed by atoms with Crippen LogP contribution in [0.3, 0.4) is 0 Å². The third-order valence-corrected chi connectivity index (χ3v) is 4.61. The zero-order chi connectivity index (χ0) is 21.7. The third kappa shape index (κ3) is 5.50. The van der Waals surface area contributed by atoms with Crippen molar-refractivity contribution in [2.45, 2.75) is 40.5 Å². The second-order valence-corrected chi connectivity index (χ2v) is 7.83. The maximum Gasteiger partial charge on any atom is 0.311 e. The molecule has 2 N–H and O–H groups in total. The number of hydrogen-bond donors (Lipinski definition) is 2. The van der Waals surface area contributed by atoms with Crippen LogP contribution in [0.15, 0.2) is 47.4 Å². The average molecular weight is 398 g/mol. The van der Waals surface area contributed by atoms with Gasteiger partial charge < -0.3 is 19.9 Å². The van der Waals surface area contributed by atoms with Crippen LogP contribution in [0.25, 0.3) is 10.9 Å². The molecule has 29 heavy (non-hydrogen) atoms. The number of ether oxygens (including phenoxy) is 1. The number of fused-ring (bicyclic) bond motifs is 1. The van der Waals surface area contributed by atoms with Gasteiger partial charge in [0.05, 0.1) is 0 Å². The van der Waals surface area contributed by atoms with Crippen molar-refractivity contribution in [3.05, 3.63) is 52.9 Å². The molecule has 2 aromatic rings. The van der Waals surface area contributed by atoms with Gasteiger partial charge in [-0.25, -0.2) is 0 Å². The van der Waals surface area contributed by atoms with E-state index in [0.717, 1.165) is 33.6 Å². The summed E-state index contributed by atoms with van der Waals surface area (Å²) in [4.78, 5) is 27.9. The number of nitrogens with zero attached hydrogens (tertiary/aromatic N) is 1. The molecule has 0 aliphatic rings. The number of hydrogen-bond acceptors (Lipinski definition) is 3. The van der Waals surface area contributed by atoms with Crippen molar-refractivity contribution in [1.82, 2.24) is 15.2 Å². The summed E-state index contributed by atoms with van der Waals surface area (Å²) in [6.45, 7) is 10.5. The van der Waals surface area contributed by atoms with E-state index in [0.29, 0.717) is 5.92 Å². The van der Waals surface area contributed by atoms with E-state index in [-0.39, 0.29) is 6.54 Å². The van der Waals surface area contributed by atoms with Gasteiger partial charge in [-0.3, -0.25) is 9.59 Å². The van der Waals surface area contributed by atoms with Crippen LogP contribution in [0.5, 0.6) is 5.75 Å². The quantitative estimate of drug-likeness (QED) is 0.437. The molecule has 0 unspecified atom stereocenters. The predicted octanol–water partition coefficient (Wildman–Crippen LogP) is 4.11. The highest BCUT2D eigenvalue weighted by atomic mass is 16.5. The topological polar surface area (TPSA) is 74.4 Å². The van der Waals surface area contributed by atoms with Gasteiger partial charge in [0.15, 0.2) is 0 Å². The number of benzene rings is 1.